The third kappa shape index (κ3) is 3.48. The van der Waals surface area contributed by atoms with E-state index in [2.05, 4.69) is 19.1 Å². The van der Waals surface area contributed by atoms with Crippen LogP contribution in [0.15, 0.2) is 30.3 Å². The monoisotopic (exact) mass is 333 g/mol. The molecule has 0 aromatic heterocycles. The zero-order valence-electron chi connectivity index (χ0n) is 15.5. The first kappa shape index (κ1) is 18.9. The largest absolute Gasteiger partial charge is 0.334 e. The lowest BCUT2D eigenvalue weighted by atomic mass is 9.90. The molecule has 0 spiro atoms. The minimum atomic E-state index is -0.528. The van der Waals surface area contributed by atoms with Gasteiger partial charge in [0, 0.05) is 11.6 Å². The van der Waals surface area contributed by atoms with Crippen LogP contribution in [0, 0.1) is 0 Å². The Balaban J connectivity index is 2.30. The molecule has 0 radical (unpaired) electrons. The summed E-state index contributed by atoms with van der Waals surface area (Å²) >= 11 is 0. The highest BCUT2D eigenvalue weighted by atomic mass is 16.5. The number of carbonyl (C=O) groups excluding carboxylic acids is 1. The molecule has 3 N–H and O–H groups in total. The number of hydrogen-bond acceptors (Lipinski definition) is 4. The number of rotatable bonds is 5. The van der Waals surface area contributed by atoms with Crippen molar-refractivity contribution in [1.82, 2.24) is 9.96 Å². The molecule has 1 saturated heterocycles. The summed E-state index contributed by atoms with van der Waals surface area (Å²) in [5.74, 6) is -0.0670. The van der Waals surface area contributed by atoms with Gasteiger partial charge in [-0.3, -0.25) is 4.79 Å². The fraction of sp³-hybridized carbons (Fsp3) is 0.632. The van der Waals surface area contributed by atoms with E-state index in [1.54, 1.807) is 0 Å². The van der Waals surface area contributed by atoms with Gasteiger partial charge >= 0.3 is 0 Å². The molecule has 1 amide bonds. The predicted octanol–water partition coefficient (Wildman–Crippen LogP) is 2.43. The van der Waals surface area contributed by atoms with Crippen molar-refractivity contribution in [2.24, 2.45) is 5.73 Å². The first-order valence-corrected chi connectivity index (χ1v) is 8.65. The maximum atomic E-state index is 12.6. The first-order valence-electron chi connectivity index (χ1n) is 8.65. The maximum Gasteiger partial charge on any atom is 0.236 e. The molecule has 2 rings (SSSR count). The normalized spacial score (nSPS) is 23.9. The fourth-order valence-corrected chi connectivity index (χ4v) is 4.06. The van der Waals surface area contributed by atoms with E-state index in [0.717, 1.165) is 6.42 Å². The van der Waals surface area contributed by atoms with Crippen molar-refractivity contribution in [3.8, 4) is 0 Å². The molecule has 5 nitrogen and oxygen atoms in total. The maximum absolute atomic E-state index is 12.6. The summed E-state index contributed by atoms with van der Waals surface area (Å²) in [6, 6.07) is 10.1. The van der Waals surface area contributed by atoms with Crippen LogP contribution in [0.1, 0.15) is 46.6 Å². The van der Waals surface area contributed by atoms with Gasteiger partial charge < -0.3 is 15.8 Å². The number of carbonyl (C=O) groups is 1. The van der Waals surface area contributed by atoms with Crippen LogP contribution in [-0.2, 0) is 11.2 Å². The summed E-state index contributed by atoms with van der Waals surface area (Å²) in [5.41, 5.74) is 5.98. The number of amides is 1. The Bertz CT molecular complexity index is 571. The summed E-state index contributed by atoms with van der Waals surface area (Å²) in [7, 11) is 0. The van der Waals surface area contributed by atoms with Crippen molar-refractivity contribution in [3.63, 3.8) is 0 Å². The van der Waals surface area contributed by atoms with Crippen molar-refractivity contribution in [2.45, 2.75) is 70.6 Å². The van der Waals surface area contributed by atoms with Gasteiger partial charge in [-0.15, -0.1) is 0 Å². The van der Waals surface area contributed by atoms with E-state index < -0.39 is 5.54 Å². The quantitative estimate of drug-likeness (QED) is 0.868. The van der Waals surface area contributed by atoms with E-state index in [1.807, 2.05) is 50.8 Å². The Kier molecular flexibility index (Phi) is 5.37. The van der Waals surface area contributed by atoms with Gasteiger partial charge in [0.2, 0.25) is 5.91 Å². The molecule has 1 fully saturated rings. The highest BCUT2D eigenvalue weighted by molar-refractivity contribution is 5.79. The molecular weight excluding hydrogens is 302 g/mol. The van der Waals surface area contributed by atoms with Crippen LogP contribution in [0.4, 0.5) is 0 Å². The van der Waals surface area contributed by atoms with Gasteiger partial charge in [-0.2, -0.15) is 5.06 Å². The van der Waals surface area contributed by atoms with Crippen LogP contribution < -0.4 is 5.73 Å². The molecule has 1 aliphatic rings. The number of hydrogen-bond donors (Lipinski definition) is 2. The average Bonchev–Trinajstić information content (AvgIpc) is 2.68. The molecule has 134 valence electrons. The van der Waals surface area contributed by atoms with Crippen LogP contribution in [0.3, 0.4) is 0 Å². The summed E-state index contributed by atoms with van der Waals surface area (Å²) < 4.78 is 0. The minimum Gasteiger partial charge on any atom is -0.334 e. The van der Waals surface area contributed by atoms with Crippen molar-refractivity contribution in [2.75, 3.05) is 6.54 Å². The fourth-order valence-electron chi connectivity index (χ4n) is 4.06. The molecule has 5 heteroatoms. The van der Waals surface area contributed by atoms with Crippen molar-refractivity contribution < 1.29 is 10.0 Å². The van der Waals surface area contributed by atoms with Gasteiger partial charge in [-0.25, -0.2) is 0 Å². The second-order valence-electron chi connectivity index (χ2n) is 8.04. The van der Waals surface area contributed by atoms with Crippen LogP contribution in [0.25, 0.3) is 0 Å². The Hall–Kier alpha value is -1.43. The SMILES string of the molecule is CC(Cc1ccccc1)N(C(=O)CN)C1CC(C)(C)N(O)C1(C)C. The highest BCUT2D eigenvalue weighted by Crippen LogP contribution is 2.42. The molecule has 0 saturated carbocycles. The summed E-state index contributed by atoms with van der Waals surface area (Å²) in [6.45, 7) is 10.0. The smallest absolute Gasteiger partial charge is 0.236 e. The van der Waals surface area contributed by atoms with E-state index in [1.165, 1.54) is 10.6 Å². The molecular formula is C19H31N3O2. The zero-order chi connectivity index (χ0) is 18.1. The third-order valence-electron chi connectivity index (χ3n) is 5.27. The minimum absolute atomic E-state index is 0.00928. The van der Waals surface area contributed by atoms with Crippen LogP contribution in [0.5, 0.6) is 0 Å². The average molecular weight is 333 g/mol. The molecule has 0 aliphatic carbocycles. The van der Waals surface area contributed by atoms with Gasteiger partial charge in [-0.1, -0.05) is 30.3 Å². The summed E-state index contributed by atoms with van der Waals surface area (Å²) in [6.07, 6.45) is 1.48. The molecule has 2 atom stereocenters. The molecule has 24 heavy (non-hydrogen) atoms. The van der Waals surface area contributed by atoms with E-state index in [9.17, 15) is 10.0 Å². The summed E-state index contributed by atoms with van der Waals surface area (Å²) in [5, 5.41) is 12.0. The van der Waals surface area contributed by atoms with Gasteiger partial charge in [-0.05, 0) is 53.0 Å². The zero-order valence-corrected chi connectivity index (χ0v) is 15.5. The van der Waals surface area contributed by atoms with Gasteiger partial charge in [0.1, 0.15) is 0 Å². The van der Waals surface area contributed by atoms with Crippen LogP contribution in [-0.4, -0.2) is 50.8 Å². The Morgan fingerprint density at radius 1 is 1.33 bits per heavy atom. The standard InChI is InChI=1S/C19H31N3O2/c1-14(11-15-9-7-6-8-10-15)21(17(23)13-20)16-12-18(2,3)22(24)19(16,4)5/h6-10,14,16,24H,11-13,20H2,1-5H3. The van der Waals surface area contributed by atoms with Crippen molar-refractivity contribution >= 4 is 5.91 Å². The number of hydroxylamine groups is 2. The van der Waals surface area contributed by atoms with Gasteiger partial charge in [0.05, 0.1) is 18.1 Å². The molecule has 0 bridgehead atoms. The molecule has 1 heterocycles. The van der Waals surface area contributed by atoms with E-state index in [-0.39, 0.29) is 30.1 Å². The number of benzene rings is 1. The Morgan fingerprint density at radius 2 is 1.92 bits per heavy atom. The third-order valence-corrected chi connectivity index (χ3v) is 5.27. The Labute approximate surface area is 145 Å². The van der Waals surface area contributed by atoms with Gasteiger partial charge in [0.15, 0.2) is 0 Å². The van der Waals surface area contributed by atoms with E-state index in [4.69, 9.17) is 5.73 Å². The first-order chi connectivity index (χ1) is 11.1. The van der Waals surface area contributed by atoms with E-state index in [0.29, 0.717) is 6.42 Å². The molecule has 1 aromatic rings. The van der Waals surface area contributed by atoms with Crippen LogP contribution in [0.2, 0.25) is 0 Å². The molecule has 1 aliphatic heterocycles. The number of nitrogens with two attached hydrogens (primary N) is 1. The lowest BCUT2D eigenvalue weighted by molar-refractivity contribution is -0.199. The lowest BCUT2D eigenvalue weighted by Gasteiger charge is -2.42. The van der Waals surface area contributed by atoms with Crippen LogP contribution >= 0.6 is 0 Å². The molecule has 2 unspecified atom stereocenters. The predicted molar refractivity (Wildman–Crippen MR) is 95.7 cm³/mol. The Morgan fingerprint density at radius 3 is 2.38 bits per heavy atom. The second kappa shape index (κ2) is 6.82. The second-order valence-corrected chi connectivity index (χ2v) is 8.04. The number of nitrogens with zero attached hydrogens (tertiary/aromatic N) is 2. The van der Waals surface area contributed by atoms with Gasteiger partial charge in [0.25, 0.3) is 0 Å². The van der Waals surface area contributed by atoms with Crippen molar-refractivity contribution in [3.05, 3.63) is 35.9 Å². The highest BCUT2D eigenvalue weighted by Gasteiger charge is 2.54. The molecule has 1 aromatic carbocycles. The topological polar surface area (TPSA) is 69.8 Å². The summed E-state index contributed by atoms with van der Waals surface area (Å²) in [4.78, 5) is 14.5. The lowest BCUT2D eigenvalue weighted by Crippen LogP contribution is -2.58. The van der Waals surface area contributed by atoms with Crippen molar-refractivity contribution in [1.29, 1.82) is 0 Å². The van der Waals surface area contributed by atoms with E-state index >= 15 is 0 Å².